The molecule has 0 spiro atoms. The van der Waals surface area contributed by atoms with Gasteiger partial charge in [-0.15, -0.1) is 0 Å². The molecule has 3 N–H and O–H groups in total. The lowest BCUT2D eigenvalue weighted by molar-refractivity contribution is -0.141. The minimum atomic E-state index is -4.49. The van der Waals surface area contributed by atoms with Crippen LogP contribution in [0.1, 0.15) is 20.8 Å². The second kappa shape index (κ2) is 4.19. The summed E-state index contributed by atoms with van der Waals surface area (Å²) in [6.07, 6.45) is 0. The summed E-state index contributed by atoms with van der Waals surface area (Å²) in [7, 11) is -4.49. The number of hydrogen-bond donors (Lipinski definition) is 3. The van der Waals surface area contributed by atoms with Crippen LogP contribution in [0.4, 0.5) is 0 Å². The molecular formula is C6H14NO5P. The molecule has 0 rings (SSSR count). The zero-order valence-corrected chi connectivity index (χ0v) is 8.60. The number of nitrogens with zero attached hydrogens (tertiary/aromatic N) is 1. The zero-order chi connectivity index (χ0) is 10.8. The first kappa shape index (κ1) is 12.6. The summed E-state index contributed by atoms with van der Waals surface area (Å²) < 4.78 is 11.5. The van der Waals surface area contributed by atoms with Crippen molar-refractivity contribution in [2.75, 3.05) is 0 Å². The van der Waals surface area contributed by atoms with Crippen molar-refractivity contribution in [2.45, 2.75) is 32.9 Å². The molecule has 0 aromatic heterocycles. The van der Waals surface area contributed by atoms with Crippen LogP contribution in [-0.4, -0.2) is 37.6 Å². The molecule has 0 fully saturated rings. The van der Waals surface area contributed by atoms with Gasteiger partial charge in [-0.05, 0) is 20.8 Å². The Morgan fingerprint density at radius 1 is 1.31 bits per heavy atom. The minimum Gasteiger partial charge on any atom is -0.480 e. The van der Waals surface area contributed by atoms with Gasteiger partial charge in [0.1, 0.15) is 6.04 Å². The van der Waals surface area contributed by atoms with Gasteiger partial charge in [-0.3, -0.25) is 4.79 Å². The van der Waals surface area contributed by atoms with Crippen LogP contribution in [0.2, 0.25) is 0 Å². The van der Waals surface area contributed by atoms with Crippen LogP contribution in [0, 0.1) is 0 Å². The molecule has 78 valence electrons. The Bertz CT molecular complexity index is 235. The van der Waals surface area contributed by atoms with Crippen LogP contribution in [0.5, 0.6) is 0 Å². The molecule has 0 aliphatic carbocycles. The van der Waals surface area contributed by atoms with Gasteiger partial charge in [0, 0.05) is 6.04 Å². The molecule has 1 atom stereocenters. The van der Waals surface area contributed by atoms with E-state index in [0.717, 1.165) is 0 Å². The van der Waals surface area contributed by atoms with E-state index in [2.05, 4.69) is 0 Å². The molecule has 7 heteroatoms. The maximum absolute atomic E-state index is 10.9. The van der Waals surface area contributed by atoms with Crippen molar-refractivity contribution < 1.29 is 24.3 Å². The summed E-state index contributed by atoms with van der Waals surface area (Å²) in [6, 6.07) is -1.72. The Balaban J connectivity index is 4.83. The highest BCUT2D eigenvalue weighted by Crippen LogP contribution is 2.43. The van der Waals surface area contributed by atoms with E-state index in [0.29, 0.717) is 4.67 Å². The highest BCUT2D eigenvalue weighted by atomic mass is 31.2. The topological polar surface area (TPSA) is 98.1 Å². The summed E-state index contributed by atoms with van der Waals surface area (Å²) in [5.74, 6) is -1.25. The molecule has 0 bridgehead atoms. The van der Waals surface area contributed by atoms with Crippen LogP contribution >= 0.6 is 7.75 Å². The first-order chi connectivity index (χ1) is 5.68. The van der Waals surface area contributed by atoms with Crippen molar-refractivity contribution in [1.82, 2.24) is 4.67 Å². The average Bonchev–Trinajstić information content (AvgIpc) is 1.82. The Morgan fingerprint density at radius 2 is 1.69 bits per heavy atom. The first-order valence-electron chi connectivity index (χ1n) is 3.75. The van der Waals surface area contributed by atoms with E-state index < -0.39 is 25.8 Å². The second-order valence-corrected chi connectivity index (χ2v) is 4.49. The number of rotatable bonds is 4. The third-order valence-electron chi connectivity index (χ3n) is 1.58. The summed E-state index contributed by atoms with van der Waals surface area (Å²) in [5.41, 5.74) is 0. The maximum atomic E-state index is 10.9. The number of carbonyl (C=O) groups is 1. The molecule has 0 aromatic carbocycles. The molecule has 0 aliphatic heterocycles. The zero-order valence-electron chi connectivity index (χ0n) is 7.71. The van der Waals surface area contributed by atoms with Crippen molar-refractivity contribution in [3.63, 3.8) is 0 Å². The van der Waals surface area contributed by atoms with Crippen LogP contribution in [-0.2, 0) is 9.36 Å². The molecular weight excluding hydrogens is 197 g/mol. The molecule has 0 saturated carbocycles. The van der Waals surface area contributed by atoms with E-state index >= 15 is 0 Å². The smallest absolute Gasteiger partial charge is 0.404 e. The van der Waals surface area contributed by atoms with Crippen LogP contribution in [0.3, 0.4) is 0 Å². The normalized spacial score (nSPS) is 15.0. The fourth-order valence-corrected chi connectivity index (χ4v) is 2.24. The van der Waals surface area contributed by atoms with Crippen LogP contribution in [0.25, 0.3) is 0 Å². The monoisotopic (exact) mass is 211 g/mol. The first-order valence-corrected chi connectivity index (χ1v) is 5.31. The van der Waals surface area contributed by atoms with E-state index in [1.54, 1.807) is 0 Å². The van der Waals surface area contributed by atoms with Crippen molar-refractivity contribution >= 4 is 13.7 Å². The summed E-state index contributed by atoms with van der Waals surface area (Å²) in [5, 5.41) is 8.58. The van der Waals surface area contributed by atoms with Crippen LogP contribution in [0.15, 0.2) is 0 Å². The molecule has 0 heterocycles. The lowest BCUT2D eigenvalue weighted by Crippen LogP contribution is -2.40. The summed E-state index contributed by atoms with van der Waals surface area (Å²) in [6.45, 7) is 4.29. The van der Waals surface area contributed by atoms with E-state index in [-0.39, 0.29) is 0 Å². The van der Waals surface area contributed by atoms with E-state index in [1.807, 2.05) is 0 Å². The predicted octanol–water partition coefficient (Wildman–Crippen LogP) is 0.263. The highest BCUT2D eigenvalue weighted by molar-refractivity contribution is 7.49. The molecule has 0 aromatic rings. The number of aliphatic carboxylic acids is 1. The fraction of sp³-hybridized carbons (Fsp3) is 0.833. The van der Waals surface area contributed by atoms with Crippen LogP contribution < -0.4 is 0 Å². The second-order valence-electron chi connectivity index (χ2n) is 3.00. The van der Waals surface area contributed by atoms with Crippen molar-refractivity contribution in [3.8, 4) is 0 Å². The Kier molecular flexibility index (Phi) is 4.06. The van der Waals surface area contributed by atoms with Gasteiger partial charge in [0.15, 0.2) is 0 Å². The van der Waals surface area contributed by atoms with Gasteiger partial charge in [0.05, 0.1) is 0 Å². The number of hydrogen-bond acceptors (Lipinski definition) is 2. The molecule has 6 nitrogen and oxygen atoms in total. The molecule has 0 saturated heterocycles. The molecule has 0 aliphatic rings. The van der Waals surface area contributed by atoms with E-state index in [1.165, 1.54) is 20.8 Å². The van der Waals surface area contributed by atoms with Gasteiger partial charge in [0.25, 0.3) is 0 Å². The van der Waals surface area contributed by atoms with Gasteiger partial charge in [-0.1, -0.05) is 0 Å². The quantitative estimate of drug-likeness (QED) is 0.577. The average molecular weight is 211 g/mol. The van der Waals surface area contributed by atoms with Gasteiger partial charge < -0.3 is 14.9 Å². The van der Waals surface area contributed by atoms with Crippen molar-refractivity contribution in [1.29, 1.82) is 0 Å². The predicted molar refractivity (Wildman–Crippen MR) is 46.1 cm³/mol. The third kappa shape index (κ3) is 3.44. The molecule has 0 radical (unpaired) electrons. The standard InChI is InChI=1S/C6H14NO5P/c1-4(2)7(13(10,11)12)5(3)6(8)9/h4-5H,1-3H3,(H,8,9)(H2,10,11,12). The number of carboxylic acid groups (broad SMARTS) is 1. The van der Waals surface area contributed by atoms with Gasteiger partial charge >= 0.3 is 13.7 Å². The molecule has 13 heavy (non-hydrogen) atoms. The summed E-state index contributed by atoms with van der Waals surface area (Å²) in [4.78, 5) is 28.2. The lowest BCUT2D eigenvalue weighted by Gasteiger charge is -2.29. The van der Waals surface area contributed by atoms with Gasteiger partial charge in [0.2, 0.25) is 0 Å². The molecule has 0 amide bonds. The SMILES string of the molecule is CC(C)N(C(C)C(=O)O)P(=O)(O)O. The van der Waals surface area contributed by atoms with Gasteiger partial charge in [-0.2, -0.15) is 4.67 Å². The van der Waals surface area contributed by atoms with E-state index in [9.17, 15) is 9.36 Å². The fourth-order valence-electron chi connectivity index (χ4n) is 1.09. The summed E-state index contributed by atoms with van der Waals surface area (Å²) >= 11 is 0. The van der Waals surface area contributed by atoms with Crippen molar-refractivity contribution in [2.24, 2.45) is 0 Å². The lowest BCUT2D eigenvalue weighted by atomic mass is 10.3. The minimum absolute atomic E-state index is 0.521. The van der Waals surface area contributed by atoms with Crippen molar-refractivity contribution in [3.05, 3.63) is 0 Å². The largest absolute Gasteiger partial charge is 0.480 e. The maximum Gasteiger partial charge on any atom is 0.404 e. The third-order valence-corrected chi connectivity index (χ3v) is 2.99. The molecule has 1 unspecified atom stereocenters. The Hall–Kier alpha value is -0.420. The van der Waals surface area contributed by atoms with E-state index in [4.69, 9.17) is 14.9 Å². The van der Waals surface area contributed by atoms with Gasteiger partial charge in [-0.25, -0.2) is 4.57 Å². The Morgan fingerprint density at radius 3 is 1.77 bits per heavy atom. The number of carboxylic acids is 1. The Labute approximate surface area is 76.4 Å². The highest BCUT2D eigenvalue weighted by Gasteiger charge is 2.36.